The number of hydrogen-bond donors (Lipinski definition) is 0. The van der Waals surface area contributed by atoms with Gasteiger partial charge in [-0.3, -0.25) is 4.79 Å². The van der Waals surface area contributed by atoms with Crippen molar-refractivity contribution in [1.29, 1.82) is 0 Å². The summed E-state index contributed by atoms with van der Waals surface area (Å²) in [7, 11) is 6.35. The Balaban J connectivity index is 2.33. The van der Waals surface area contributed by atoms with E-state index in [9.17, 15) is 4.79 Å². The normalized spacial score (nSPS) is 10.4. The van der Waals surface area contributed by atoms with Gasteiger partial charge in [-0.1, -0.05) is 18.5 Å². The van der Waals surface area contributed by atoms with Crippen LogP contribution >= 0.6 is 11.6 Å². The van der Waals surface area contributed by atoms with Crippen molar-refractivity contribution >= 4 is 17.5 Å². The Bertz CT molecular complexity index is 902. The van der Waals surface area contributed by atoms with Crippen LogP contribution in [0, 0.1) is 0 Å². The van der Waals surface area contributed by atoms with Crippen LogP contribution in [0.2, 0.25) is 5.02 Å². The molecule has 0 N–H and O–H groups in total. The average Bonchev–Trinajstić information content (AvgIpc) is 2.77. The lowest BCUT2D eigenvalue weighted by Crippen LogP contribution is -2.26. The third kappa shape index (κ3) is 5.67. The van der Waals surface area contributed by atoms with Crippen molar-refractivity contribution < 1.29 is 28.5 Å². The SMILES string of the molecule is CCCOc1c(Cl)cc(C(=O)N(C)Cc2ccc(OC)c(OC)c2OC)cc1OCC. The molecule has 0 saturated carbocycles. The summed E-state index contributed by atoms with van der Waals surface area (Å²) in [6, 6.07) is 6.87. The average molecular weight is 452 g/mol. The summed E-state index contributed by atoms with van der Waals surface area (Å²) in [5.74, 6) is 2.21. The summed E-state index contributed by atoms with van der Waals surface area (Å²) >= 11 is 6.41. The molecule has 0 aliphatic rings. The topological polar surface area (TPSA) is 66.5 Å². The van der Waals surface area contributed by atoms with E-state index < -0.39 is 0 Å². The van der Waals surface area contributed by atoms with E-state index in [0.717, 1.165) is 12.0 Å². The van der Waals surface area contributed by atoms with Crippen molar-refractivity contribution in [2.24, 2.45) is 0 Å². The van der Waals surface area contributed by atoms with Gasteiger partial charge in [-0.25, -0.2) is 0 Å². The monoisotopic (exact) mass is 451 g/mol. The molecule has 2 rings (SSSR count). The van der Waals surface area contributed by atoms with Crippen molar-refractivity contribution in [3.63, 3.8) is 0 Å². The molecule has 0 unspecified atom stereocenters. The van der Waals surface area contributed by atoms with Crippen LogP contribution in [0.4, 0.5) is 0 Å². The molecule has 1 amide bonds. The number of carbonyl (C=O) groups excluding carboxylic acids is 1. The van der Waals surface area contributed by atoms with Crippen LogP contribution in [0.25, 0.3) is 0 Å². The first-order chi connectivity index (χ1) is 14.9. The van der Waals surface area contributed by atoms with Gasteiger partial charge in [0.2, 0.25) is 5.75 Å². The van der Waals surface area contributed by atoms with E-state index in [0.29, 0.717) is 52.5 Å². The minimum atomic E-state index is -0.221. The number of carbonyl (C=O) groups is 1. The van der Waals surface area contributed by atoms with E-state index in [1.807, 2.05) is 19.9 Å². The molecule has 7 nitrogen and oxygen atoms in total. The summed E-state index contributed by atoms with van der Waals surface area (Å²) in [6.45, 7) is 5.09. The first-order valence-electron chi connectivity index (χ1n) is 10.0. The molecule has 8 heteroatoms. The Morgan fingerprint density at radius 1 is 0.935 bits per heavy atom. The standard InChI is InChI=1S/C23H30ClNO6/c1-7-11-31-21-17(24)12-16(13-19(21)30-8-2)23(26)25(3)14-15-9-10-18(27-4)22(29-6)20(15)28-5/h9-10,12-13H,7-8,11,14H2,1-6H3. The largest absolute Gasteiger partial charge is 0.493 e. The highest BCUT2D eigenvalue weighted by Gasteiger charge is 2.22. The Morgan fingerprint density at radius 2 is 1.65 bits per heavy atom. The maximum absolute atomic E-state index is 13.1. The minimum Gasteiger partial charge on any atom is -0.493 e. The van der Waals surface area contributed by atoms with Gasteiger partial charge in [0.25, 0.3) is 5.91 Å². The van der Waals surface area contributed by atoms with E-state index >= 15 is 0 Å². The molecule has 0 atom stereocenters. The highest BCUT2D eigenvalue weighted by Crippen LogP contribution is 2.40. The molecule has 0 radical (unpaired) electrons. The second-order valence-electron chi connectivity index (χ2n) is 6.72. The van der Waals surface area contributed by atoms with Gasteiger partial charge in [-0.2, -0.15) is 0 Å². The molecule has 0 aliphatic heterocycles. The lowest BCUT2D eigenvalue weighted by atomic mass is 10.1. The molecule has 0 aromatic heterocycles. The third-order valence-electron chi connectivity index (χ3n) is 4.55. The van der Waals surface area contributed by atoms with E-state index in [-0.39, 0.29) is 12.5 Å². The number of nitrogens with zero attached hydrogens (tertiary/aromatic N) is 1. The van der Waals surface area contributed by atoms with Crippen molar-refractivity contribution in [2.75, 3.05) is 41.6 Å². The van der Waals surface area contributed by atoms with Crippen LogP contribution < -0.4 is 23.7 Å². The van der Waals surface area contributed by atoms with Crippen LogP contribution in [-0.4, -0.2) is 52.4 Å². The van der Waals surface area contributed by atoms with Gasteiger partial charge < -0.3 is 28.6 Å². The van der Waals surface area contributed by atoms with Crippen molar-refractivity contribution in [3.05, 3.63) is 40.4 Å². The van der Waals surface area contributed by atoms with Gasteiger partial charge in [-0.05, 0) is 37.6 Å². The number of benzene rings is 2. The zero-order chi connectivity index (χ0) is 23.0. The number of rotatable bonds is 11. The number of ether oxygens (including phenoxy) is 5. The summed E-state index contributed by atoms with van der Waals surface area (Å²) in [5.41, 5.74) is 1.18. The molecule has 0 fully saturated rings. The summed E-state index contributed by atoms with van der Waals surface area (Å²) in [4.78, 5) is 14.7. The predicted octanol–water partition coefficient (Wildman–Crippen LogP) is 4.83. The van der Waals surface area contributed by atoms with Crippen LogP contribution in [0.1, 0.15) is 36.2 Å². The van der Waals surface area contributed by atoms with Gasteiger partial charge >= 0.3 is 0 Å². The molecule has 170 valence electrons. The fraction of sp³-hybridized carbons (Fsp3) is 0.435. The van der Waals surface area contributed by atoms with Crippen molar-refractivity contribution in [1.82, 2.24) is 4.90 Å². The zero-order valence-corrected chi connectivity index (χ0v) is 19.7. The van der Waals surface area contributed by atoms with Gasteiger partial charge in [0.15, 0.2) is 23.0 Å². The van der Waals surface area contributed by atoms with Gasteiger partial charge in [0.05, 0.1) is 39.6 Å². The second-order valence-corrected chi connectivity index (χ2v) is 7.13. The van der Waals surface area contributed by atoms with Gasteiger partial charge in [0, 0.05) is 24.7 Å². The van der Waals surface area contributed by atoms with Crippen LogP contribution in [0.15, 0.2) is 24.3 Å². The van der Waals surface area contributed by atoms with Crippen molar-refractivity contribution in [2.45, 2.75) is 26.8 Å². The van der Waals surface area contributed by atoms with Gasteiger partial charge in [0.1, 0.15) is 0 Å². The maximum atomic E-state index is 13.1. The first-order valence-corrected chi connectivity index (χ1v) is 10.4. The zero-order valence-electron chi connectivity index (χ0n) is 18.9. The summed E-state index contributed by atoms with van der Waals surface area (Å²) in [5, 5.41) is 0.333. The molecule has 31 heavy (non-hydrogen) atoms. The van der Waals surface area contributed by atoms with Crippen LogP contribution in [0.5, 0.6) is 28.7 Å². The Hall–Kier alpha value is -2.80. The number of hydrogen-bond acceptors (Lipinski definition) is 6. The molecule has 0 heterocycles. The smallest absolute Gasteiger partial charge is 0.254 e. The highest BCUT2D eigenvalue weighted by atomic mass is 35.5. The fourth-order valence-electron chi connectivity index (χ4n) is 3.13. The fourth-order valence-corrected chi connectivity index (χ4v) is 3.40. The summed E-state index contributed by atoms with van der Waals surface area (Å²) in [6.07, 6.45) is 0.832. The lowest BCUT2D eigenvalue weighted by Gasteiger charge is -2.22. The quantitative estimate of drug-likeness (QED) is 0.487. The van der Waals surface area contributed by atoms with E-state index in [2.05, 4.69) is 0 Å². The molecule has 2 aromatic carbocycles. The molecule has 0 aliphatic carbocycles. The Kier molecular flexibility index (Phi) is 9.12. The second kappa shape index (κ2) is 11.6. The molecule has 2 aromatic rings. The van der Waals surface area contributed by atoms with Crippen LogP contribution in [-0.2, 0) is 6.54 Å². The number of amides is 1. The minimum absolute atomic E-state index is 0.221. The van der Waals surface area contributed by atoms with E-state index in [1.165, 1.54) is 0 Å². The maximum Gasteiger partial charge on any atom is 0.254 e. The number of halogens is 1. The Labute approximate surface area is 188 Å². The molecule has 0 spiro atoms. The predicted molar refractivity (Wildman–Crippen MR) is 120 cm³/mol. The van der Waals surface area contributed by atoms with Gasteiger partial charge in [-0.15, -0.1) is 0 Å². The molecular formula is C23H30ClNO6. The highest BCUT2D eigenvalue weighted by molar-refractivity contribution is 6.32. The van der Waals surface area contributed by atoms with E-state index in [4.69, 9.17) is 35.3 Å². The lowest BCUT2D eigenvalue weighted by molar-refractivity contribution is 0.0783. The van der Waals surface area contributed by atoms with Crippen LogP contribution in [0.3, 0.4) is 0 Å². The first kappa shape index (κ1) is 24.5. The number of methoxy groups -OCH3 is 3. The van der Waals surface area contributed by atoms with E-state index in [1.54, 1.807) is 51.5 Å². The Morgan fingerprint density at radius 3 is 2.23 bits per heavy atom. The van der Waals surface area contributed by atoms with Crippen molar-refractivity contribution in [3.8, 4) is 28.7 Å². The molecular weight excluding hydrogens is 422 g/mol. The molecule has 0 bridgehead atoms. The molecule has 0 saturated heterocycles. The third-order valence-corrected chi connectivity index (χ3v) is 4.83. The summed E-state index contributed by atoms with van der Waals surface area (Å²) < 4.78 is 27.6.